The summed E-state index contributed by atoms with van der Waals surface area (Å²) < 4.78 is 27.1. The van der Waals surface area contributed by atoms with Crippen molar-refractivity contribution in [2.75, 3.05) is 5.32 Å². The largest absolute Gasteiger partial charge is 0.340 e. The Labute approximate surface area is 164 Å². The number of thiazole rings is 1. The number of carbonyl (C=O) groups excluding carboxylic acids is 2. The molecule has 5 nitrogen and oxygen atoms in total. The maximum absolute atomic E-state index is 13.4. The minimum atomic E-state index is -0.999. The summed E-state index contributed by atoms with van der Waals surface area (Å²) in [6.45, 7) is 5.54. The molecule has 28 heavy (non-hydrogen) atoms. The highest BCUT2D eigenvalue weighted by molar-refractivity contribution is 7.22. The molecule has 3 rings (SSSR count). The lowest BCUT2D eigenvalue weighted by molar-refractivity contribution is -0.118. The predicted molar refractivity (Wildman–Crippen MR) is 105 cm³/mol. The first-order valence-corrected chi connectivity index (χ1v) is 9.50. The molecule has 0 aliphatic rings. The Morgan fingerprint density at radius 1 is 1.07 bits per heavy atom. The fourth-order valence-electron chi connectivity index (χ4n) is 2.62. The van der Waals surface area contributed by atoms with Crippen LogP contribution in [0.3, 0.4) is 0 Å². The van der Waals surface area contributed by atoms with Gasteiger partial charge in [0.25, 0.3) is 5.91 Å². The Balaban J connectivity index is 1.76. The summed E-state index contributed by atoms with van der Waals surface area (Å²) in [6.07, 6.45) is 0. The average Bonchev–Trinajstić information content (AvgIpc) is 3.00. The Kier molecular flexibility index (Phi) is 5.69. The minimum absolute atomic E-state index is 0.182. The second kappa shape index (κ2) is 8.02. The maximum Gasteiger partial charge on any atom is 0.251 e. The first kappa shape index (κ1) is 19.9. The molecule has 2 amide bonds. The van der Waals surface area contributed by atoms with Crippen LogP contribution in [0.15, 0.2) is 36.4 Å². The van der Waals surface area contributed by atoms with E-state index < -0.39 is 23.6 Å². The SMILES string of the molecule is Cc1ccc(C(=O)NC(C(=O)Nc2nc3cc(F)c(F)cc3s2)C(C)C)cc1. The summed E-state index contributed by atoms with van der Waals surface area (Å²) in [7, 11) is 0. The number of carbonyl (C=O) groups is 2. The first-order valence-electron chi connectivity index (χ1n) is 8.68. The maximum atomic E-state index is 13.4. The smallest absolute Gasteiger partial charge is 0.251 e. The number of aryl methyl sites for hydroxylation is 1. The predicted octanol–water partition coefficient (Wildman–Crippen LogP) is 4.28. The van der Waals surface area contributed by atoms with Crippen LogP contribution in [0.25, 0.3) is 10.2 Å². The van der Waals surface area contributed by atoms with Crippen LogP contribution in [-0.2, 0) is 4.79 Å². The molecule has 0 fully saturated rings. The van der Waals surface area contributed by atoms with Crippen molar-refractivity contribution in [1.29, 1.82) is 0 Å². The van der Waals surface area contributed by atoms with Crippen LogP contribution >= 0.6 is 11.3 Å². The van der Waals surface area contributed by atoms with Crippen molar-refractivity contribution in [2.24, 2.45) is 5.92 Å². The molecule has 1 heterocycles. The van der Waals surface area contributed by atoms with Gasteiger partial charge in [0.15, 0.2) is 16.8 Å². The van der Waals surface area contributed by atoms with Gasteiger partial charge in [0, 0.05) is 11.6 Å². The van der Waals surface area contributed by atoms with Crippen molar-refractivity contribution in [3.63, 3.8) is 0 Å². The van der Waals surface area contributed by atoms with Gasteiger partial charge in [-0.15, -0.1) is 0 Å². The Hall–Kier alpha value is -2.87. The summed E-state index contributed by atoms with van der Waals surface area (Å²) in [5.74, 6) is -2.96. The van der Waals surface area contributed by atoms with Gasteiger partial charge in [-0.05, 0) is 31.0 Å². The van der Waals surface area contributed by atoms with Gasteiger partial charge in [0.05, 0.1) is 10.2 Å². The van der Waals surface area contributed by atoms with Gasteiger partial charge < -0.3 is 10.6 Å². The zero-order valence-corrected chi connectivity index (χ0v) is 16.4. The summed E-state index contributed by atoms with van der Waals surface area (Å²) in [5, 5.41) is 5.57. The molecule has 0 saturated heterocycles. The normalized spacial score (nSPS) is 12.2. The standard InChI is InChI=1S/C20H19F2N3O2S/c1-10(2)17(24-18(26)12-6-4-11(3)5-7-12)19(27)25-20-23-15-8-13(21)14(22)9-16(15)28-20/h4-10,17H,1-3H3,(H,24,26)(H,23,25,27). The molecule has 0 aliphatic carbocycles. The van der Waals surface area contributed by atoms with Gasteiger partial charge in [-0.25, -0.2) is 13.8 Å². The molecule has 0 bridgehead atoms. The van der Waals surface area contributed by atoms with Crippen LogP contribution in [0.5, 0.6) is 0 Å². The van der Waals surface area contributed by atoms with E-state index in [1.165, 1.54) is 0 Å². The van der Waals surface area contributed by atoms with E-state index in [1.807, 2.05) is 32.9 Å². The molecule has 0 radical (unpaired) electrons. The third-order valence-corrected chi connectivity index (χ3v) is 5.14. The molecule has 8 heteroatoms. The number of amides is 2. The van der Waals surface area contributed by atoms with Crippen molar-refractivity contribution in [3.05, 3.63) is 59.2 Å². The summed E-state index contributed by atoms with van der Waals surface area (Å²) in [5.41, 5.74) is 1.73. The summed E-state index contributed by atoms with van der Waals surface area (Å²) in [4.78, 5) is 29.2. The van der Waals surface area contributed by atoms with Gasteiger partial charge in [0.2, 0.25) is 5.91 Å². The van der Waals surface area contributed by atoms with E-state index in [0.29, 0.717) is 10.3 Å². The quantitative estimate of drug-likeness (QED) is 0.668. The summed E-state index contributed by atoms with van der Waals surface area (Å²) in [6, 6.07) is 8.24. The van der Waals surface area contributed by atoms with Crippen molar-refractivity contribution in [1.82, 2.24) is 10.3 Å². The monoisotopic (exact) mass is 403 g/mol. The van der Waals surface area contributed by atoms with E-state index >= 15 is 0 Å². The lowest BCUT2D eigenvalue weighted by Gasteiger charge is -2.21. The van der Waals surface area contributed by atoms with Crippen LogP contribution < -0.4 is 10.6 Å². The van der Waals surface area contributed by atoms with Gasteiger partial charge >= 0.3 is 0 Å². The zero-order valence-electron chi connectivity index (χ0n) is 15.5. The fourth-order valence-corrected chi connectivity index (χ4v) is 3.50. The molecule has 1 atom stereocenters. The van der Waals surface area contributed by atoms with Gasteiger partial charge in [-0.2, -0.15) is 0 Å². The molecule has 3 aromatic rings. The lowest BCUT2D eigenvalue weighted by atomic mass is 10.0. The highest BCUT2D eigenvalue weighted by Crippen LogP contribution is 2.28. The van der Waals surface area contributed by atoms with Crippen molar-refractivity contribution in [2.45, 2.75) is 26.8 Å². The highest BCUT2D eigenvalue weighted by Gasteiger charge is 2.25. The molecular formula is C20H19F2N3O2S. The topological polar surface area (TPSA) is 71.1 Å². The van der Waals surface area contributed by atoms with Crippen LogP contribution in [-0.4, -0.2) is 22.8 Å². The van der Waals surface area contributed by atoms with Crippen molar-refractivity contribution in [3.8, 4) is 0 Å². The van der Waals surface area contributed by atoms with E-state index in [0.717, 1.165) is 29.0 Å². The Morgan fingerprint density at radius 3 is 2.36 bits per heavy atom. The molecular weight excluding hydrogens is 384 g/mol. The second-order valence-corrected chi connectivity index (χ2v) is 7.83. The number of hydrogen-bond acceptors (Lipinski definition) is 4. The number of hydrogen-bond donors (Lipinski definition) is 2. The van der Waals surface area contributed by atoms with E-state index in [1.54, 1.807) is 12.1 Å². The number of halogens is 2. The third-order valence-electron chi connectivity index (χ3n) is 4.21. The van der Waals surface area contributed by atoms with Crippen molar-refractivity contribution >= 4 is 38.5 Å². The Bertz CT molecular complexity index is 993. The Morgan fingerprint density at radius 2 is 1.71 bits per heavy atom. The number of aromatic nitrogens is 1. The number of rotatable bonds is 5. The molecule has 1 unspecified atom stereocenters. The van der Waals surface area contributed by atoms with Crippen LogP contribution in [0.4, 0.5) is 13.9 Å². The first-order chi connectivity index (χ1) is 13.2. The average molecular weight is 403 g/mol. The molecule has 2 aromatic carbocycles. The van der Waals surface area contributed by atoms with E-state index in [9.17, 15) is 18.4 Å². The molecule has 0 spiro atoms. The molecule has 0 saturated carbocycles. The summed E-state index contributed by atoms with van der Waals surface area (Å²) >= 11 is 1.03. The molecule has 2 N–H and O–H groups in total. The molecule has 1 aromatic heterocycles. The van der Waals surface area contributed by atoms with Gasteiger partial charge in [0.1, 0.15) is 6.04 Å². The van der Waals surface area contributed by atoms with Crippen LogP contribution in [0.1, 0.15) is 29.8 Å². The van der Waals surface area contributed by atoms with Gasteiger partial charge in [-0.3, -0.25) is 9.59 Å². The number of nitrogens with one attached hydrogen (secondary N) is 2. The van der Waals surface area contributed by atoms with Crippen LogP contribution in [0, 0.1) is 24.5 Å². The third kappa shape index (κ3) is 4.33. The highest BCUT2D eigenvalue weighted by atomic mass is 32.1. The van der Waals surface area contributed by atoms with E-state index in [-0.39, 0.29) is 22.5 Å². The molecule has 146 valence electrons. The second-order valence-electron chi connectivity index (χ2n) is 6.80. The van der Waals surface area contributed by atoms with Crippen molar-refractivity contribution < 1.29 is 18.4 Å². The van der Waals surface area contributed by atoms with Gasteiger partial charge in [-0.1, -0.05) is 42.9 Å². The van der Waals surface area contributed by atoms with Crippen LogP contribution in [0.2, 0.25) is 0 Å². The lowest BCUT2D eigenvalue weighted by Crippen LogP contribution is -2.47. The minimum Gasteiger partial charge on any atom is -0.340 e. The molecule has 0 aliphatic heterocycles. The van der Waals surface area contributed by atoms with E-state index in [2.05, 4.69) is 15.6 Å². The number of benzene rings is 2. The number of nitrogens with zero attached hydrogens (tertiary/aromatic N) is 1. The van der Waals surface area contributed by atoms with E-state index in [4.69, 9.17) is 0 Å². The fraction of sp³-hybridized carbons (Fsp3) is 0.250. The number of fused-ring (bicyclic) bond motifs is 1. The number of anilines is 1. The zero-order chi connectivity index (χ0) is 20.4.